The zero-order valence-corrected chi connectivity index (χ0v) is 16.3. The first-order chi connectivity index (χ1) is 6.97. The van der Waals surface area contributed by atoms with Crippen LogP contribution in [0.4, 0.5) is 0 Å². The van der Waals surface area contributed by atoms with E-state index in [1.165, 1.54) is 0 Å². The molecule has 2 atom stereocenters. The molecule has 2 unspecified atom stereocenters. The monoisotopic (exact) mass is 424 g/mol. The Labute approximate surface area is 116 Å². The van der Waals surface area contributed by atoms with Gasteiger partial charge in [-0.25, -0.2) is 0 Å². The molecule has 0 bridgehead atoms. The van der Waals surface area contributed by atoms with Crippen molar-refractivity contribution in [1.29, 1.82) is 0 Å². The van der Waals surface area contributed by atoms with E-state index in [0.717, 1.165) is 14.3 Å². The van der Waals surface area contributed by atoms with E-state index in [0.29, 0.717) is 24.0 Å². The molecule has 0 heterocycles. The second-order valence-corrected chi connectivity index (χ2v) is 10.9. The fourth-order valence-corrected chi connectivity index (χ4v) is 5.05. The summed E-state index contributed by atoms with van der Waals surface area (Å²) in [5, 5.41) is 0. The summed E-state index contributed by atoms with van der Waals surface area (Å²) in [7, 11) is 0. The predicted octanol–water partition coefficient (Wildman–Crippen LogP) is 3.14. The van der Waals surface area contributed by atoms with Crippen LogP contribution >= 0.6 is 0 Å². The van der Waals surface area contributed by atoms with Crippen molar-refractivity contribution in [2.24, 2.45) is 11.8 Å². The van der Waals surface area contributed by atoms with Crippen LogP contribution in [-0.4, -0.2) is 11.6 Å². The molecule has 0 N–H and O–H groups in total. The molecule has 3 heteroatoms. The van der Waals surface area contributed by atoms with Crippen molar-refractivity contribution in [1.82, 2.24) is 0 Å². The second-order valence-electron chi connectivity index (χ2n) is 4.69. The molecule has 0 aliphatic heterocycles. The van der Waals surface area contributed by atoms with Crippen LogP contribution in [0.1, 0.15) is 40.0 Å². The number of hydrogen-bond donors (Lipinski definition) is 0. The molecule has 0 rings (SSSR count). The van der Waals surface area contributed by atoms with Gasteiger partial charge in [-0.1, -0.05) is 0 Å². The van der Waals surface area contributed by atoms with E-state index >= 15 is 0 Å². The van der Waals surface area contributed by atoms with Crippen molar-refractivity contribution in [3.8, 4) is 0 Å². The Bertz CT molecular complexity index is 214. The summed E-state index contributed by atoms with van der Waals surface area (Å²) in [5.41, 5.74) is 0. The molecule has 0 saturated carbocycles. The Kier molecular flexibility index (Phi) is 9.38. The summed E-state index contributed by atoms with van der Waals surface area (Å²) in [5.74, 6) is 1.63. The number of ketones is 2. The zero-order valence-electron chi connectivity index (χ0n) is 10.5. The summed E-state index contributed by atoms with van der Waals surface area (Å²) in [6.45, 7) is 5.90. The van der Waals surface area contributed by atoms with Crippen LogP contribution < -0.4 is 0 Å². The number of rotatable bonds is 8. The van der Waals surface area contributed by atoms with Gasteiger partial charge in [0.05, 0.1) is 0 Å². The van der Waals surface area contributed by atoms with Gasteiger partial charge in [0.25, 0.3) is 0 Å². The number of hydrogen-bond acceptors (Lipinski definition) is 2. The number of carbonyl (C=O) groups excluding carboxylic acids is 2. The third kappa shape index (κ3) is 8.60. The minimum absolute atomic E-state index is 0.256. The molecular weight excluding hydrogens is 402 g/mol. The fraction of sp³-hybridized carbons (Fsp3) is 0.833. The van der Waals surface area contributed by atoms with Gasteiger partial charge >= 0.3 is 117 Å². The first-order valence-corrected chi connectivity index (χ1v) is 15.9. The van der Waals surface area contributed by atoms with Gasteiger partial charge in [0.15, 0.2) is 0 Å². The first-order valence-electron chi connectivity index (χ1n) is 5.98. The molecule has 0 spiro atoms. The van der Waals surface area contributed by atoms with Gasteiger partial charge in [0.1, 0.15) is 0 Å². The maximum absolute atomic E-state index is 11.4. The predicted molar refractivity (Wildman–Crippen MR) is 58.5 cm³/mol. The summed E-state index contributed by atoms with van der Waals surface area (Å²) < 4.78 is 3.19. The van der Waals surface area contributed by atoms with Crippen molar-refractivity contribution in [3.63, 3.8) is 0 Å². The van der Waals surface area contributed by atoms with Crippen molar-refractivity contribution >= 4 is 11.6 Å². The van der Waals surface area contributed by atoms with Gasteiger partial charge in [-0.2, -0.15) is 0 Å². The van der Waals surface area contributed by atoms with Crippen molar-refractivity contribution < 1.29 is 50.2 Å². The summed E-state index contributed by atoms with van der Waals surface area (Å²) in [6, 6.07) is 0. The molecule has 0 aliphatic rings. The van der Waals surface area contributed by atoms with E-state index in [1.807, 2.05) is 0 Å². The van der Waals surface area contributed by atoms with Crippen molar-refractivity contribution in [2.75, 3.05) is 0 Å². The van der Waals surface area contributed by atoms with Crippen LogP contribution in [0.2, 0.25) is 3.43 Å². The maximum atomic E-state index is 11.4. The third-order valence-corrected chi connectivity index (χ3v) is 7.34. The molecule has 0 fully saturated rings. The van der Waals surface area contributed by atoms with Crippen LogP contribution in [0, 0.1) is 52.4 Å². The first kappa shape index (κ1) is 15.8. The Morgan fingerprint density at radius 1 is 1.20 bits per heavy atom. The van der Waals surface area contributed by atoms with E-state index in [1.54, 1.807) is 6.92 Å². The molecular formula is C12H22O2Ra. The second kappa shape index (κ2) is 8.90. The van der Waals surface area contributed by atoms with Crippen LogP contribution in [0.3, 0.4) is 0 Å². The SMILES string of the molecule is [CH3][Ra][CH2]C(=O)CCC(C)C(C)CC(C)=O. The molecule has 84 valence electrons. The Morgan fingerprint density at radius 2 is 1.80 bits per heavy atom. The standard InChI is InChI=1S/C11H19O2.CH3.Ra/c1-8(5-6-10(3)12)9(2)7-11(4)13;;/h8-9H,3,5-7H2,1-2,4H3;1H3;. The Morgan fingerprint density at radius 3 is 2.27 bits per heavy atom. The van der Waals surface area contributed by atoms with Crippen LogP contribution in [0.5, 0.6) is 0 Å². The van der Waals surface area contributed by atoms with Crippen LogP contribution in [0.15, 0.2) is 0 Å². The van der Waals surface area contributed by atoms with E-state index in [2.05, 4.69) is 15.8 Å². The quantitative estimate of drug-likeness (QED) is 0.600. The van der Waals surface area contributed by atoms with E-state index < -0.39 is 40.6 Å². The molecule has 0 aromatic carbocycles. The van der Waals surface area contributed by atoms with E-state index in [-0.39, 0.29) is 5.78 Å². The van der Waals surface area contributed by atoms with Crippen molar-refractivity contribution in [3.05, 3.63) is 0 Å². The average Bonchev–Trinajstić information content (AvgIpc) is 2.13. The van der Waals surface area contributed by atoms with Crippen LogP contribution in [-0.2, 0) is 9.59 Å². The average molecular weight is 424 g/mol. The Hall–Kier alpha value is 0.808. The molecule has 0 radical (unpaired) electrons. The normalized spacial score (nSPS) is 14.1. The van der Waals surface area contributed by atoms with Crippen molar-refractivity contribution in [2.45, 2.75) is 43.5 Å². The Balaban J connectivity index is 3.77. The van der Waals surface area contributed by atoms with Crippen LogP contribution in [0.25, 0.3) is 0 Å². The van der Waals surface area contributed by atoms with Gasteiger partial charge in [-0.05, 0) is 0 Å². The van der Waals surface area contributed by atoms with Gasteiger partial charge in [0.2, 0.25) is 0 Å². The number of Topliss-reactive ketones (excluding diaryl/α,β-unsaturated/α-hetero) is 2. The van der Waals surface area contributed by atoms with Gasteiger partial charge < -0.3 is 0 Å². The number of carbonyl (C=O) groups is 2. The molecule has 0 aromatic heterocycles. The molecule has 0 amide bonds. The summed E-state index contributed by atoms with van der Waals surface area (Å²) >= 11 is -0.812. The summed E-state index contributed by atoms with van der Waals surface area (Å²) in [4.78, 5) is 22.3. The van der Waals surface area contributed by atoms with Gasteiger partial charge in [-0.3, -0.25) is 0 Å². The van der Waals surface area contributed by atoms with E-state index in [9.17, 15) is 9.59 Å². The minimum atomic E-state index is -0.812. The molecule has 2 nitrogen and oxygen atoms in total. The van der Waals surface area contributed by atoms with E-state index in [4.69, 9.17) is 0 Å². The summed E-state index contributed by atoms with van der Waals surface area (Å²) in [6.07, 6.45) is 2.35. The van der Waals surface area contributed by atoms with Gasteiger partial charge in [-0.15, -0.1) is 0 Å². The fourth-order valence-electron chi connectivity index (χ4n) is 1.73. The molecule has 0 aromatic rings. The third-order valence-electron chi connectivity index (χ3n) is 2.99. The van der Waals surface area contributed by atoms with Gasteiger partial charge in [0, 0.05) is 0 Å². The molecule has 15 heavy (non-hydrogen) atoms. The zero-order chi connectivity index (χ0) is 11.8. The molecule has 0 aliphatic carbocycles. The topological polar surface area (TPSA) is 34.1 Å². The molecule has 0 saturated heterocycles.